The summed E-state index contributed by atoms with van der Waals surface area (Å²) in [6, 6.07) is 27.6. The van der Waals surface area contributed by atoms with E-state index in [0.717, 1.165) is 11.1 Å². The number of amides is 1. The van der Waals surface area contributed by atoms with Crippen molar-refractivity contribution in [2.75, 3.05) is 26.8 Å². The first-order valence-corrected chi connectivity index (χ1v) is 13.4. The Morgan fingerprint density at radius 2 is 1.56 bits per heavy atom. The zero-order valence-corrected chi connectivity index (χ0v) is 22.3. The molecule has 8 heteroatoms. The average molecular weight is 532 g/mol. The van der Waals surface area contributed by atoms with Gasteiger partial charge in [-0.25, -0.2) is 4.79 Å². The van der Waals surface area contributed by atoms with Gasteiger partial charge in [0.05, 0.1) is 32.2 Å². The van der Waals surface area contributed by atoms with Crippen molar-refractivity contribution in [3.63, 3.8) is 0 Å². The monoisotopic (exact) mass is 531 g/mol. The molecule has 0 aliphatic carbocycles. The van der Waals surface area contributed by atoms with E-state index in [-0.39, 0.29) is 23.1 Å². The van der Waals surface area contributed by atoms with Crippen molar-refractivity contribution in [3.8, 4) is 0 Å². The number of alkyl carbamates (subject to hydrolysis) is 1. The van der Waals surface area contributed by atoms with Crippen molar-refractivity contribution in [1.29, 1.82) is 0 Å². The highest BCUT2D eigenvalue weighted by molar-refractivity contribution is 5.89. The van der Waals surface area contributed by atoms with E-state index in [2.05, 4.69) is 10.4 Å². The first-order chi connectivity index (χ1) is 18.9. The van der Waals surface area contributed by atoms with Gasteiger partial charge in [-0.2, -0.15) is 4.59 Å². The van der Waals surface area contributed by atoms with Crippen LogP contribution in [0.15, 0.2) is 96.1 Å². The van der Waals surface area contributed by atoms with Crippen LogP contribution in [0.25, 0.3) is 0 Å². The number of aliphatic hydroxyl groups excluding tert-OH is 1. The van der Waals surface area contributed by atoms with E-state index in [9.17, 15) is 15.0 Å². The van der Waals surface area contributed by atoms with Crippen LogP contribution in [-0.4, -0.2) is 66.7 Å². The lowest BCUT2D eigenvalue weighted by atomic mass is 10.0. The number of quaternary nitrogens is 1. The van der Waals surface area contributed by atoms with Crippen molar-refractivity contribution >= 4 is 12.0 Å². The minimum Gasteiger partial charge on any atom is -0.855 e. The topological polar surface area (TPSA) is 103 Å². The molecule has 1 fully saturated rings. The molecule has 3 atom stereocenters. The number of rotatable bonds is 11. The van der Waals surface area contributed by atoms with E-state index in [1.165, 1.54) is 0 Å². The quantitative estimate of drug-likeness (QED) is 0.171. The lowest BCUT2D eigenvalue weighted by Crippen LogP contribution is -2.54. The van der Waals surface area contributed by atoms with Gasteiger partial charge in [-0.15, -0.1) is 0 Å². The van der Waals surface area contributed by atoms with E-state index in [1.807, 2.05) is 73.8 Å². The Labute approximate surface area is 230 Å². The molecule has 0 bridgehead atoms. The SMILES string of the molecule is C[N+](Cc1ccccc1)(C[C@H](O)[C@H](Cc1ccccc1)NC(=O)OC1CCOCC1)/N=C(\[O-])c1ccccc1. The number of benzene rings is 3. The summed E-state index contributed by atoms with van der Waals surface area (Å²) >= 11 is 0. The Balaban J connectivity index is 1.56. The molecule has 1 saturated heterocycles. The summed E-state index contributed by atoms with van der Waals surface area (Å²) in [7, 11) is 1.82. The molecule has 0 spiro atoms. The van der Waals surface area contributed by atoms with Crippen LogP contribution in [-0.2, 0) is 22.4 Å². The number of nitrogens with zero attached hydrogens (tertiary/aromatic N) is 2. The predicted molar refractivity (Wildman–Crippen MR) is 148 cm³/mol. The van der Waals surface area contributed by atoms with E-state index >= 15 is 0 Å². The van der Waals surface area contributed by atoms with Crippen molar-refractivity contribution < 1.29 is 29.1 Å². The maximum Gasteiger partial charge on any atom is 0.407 e. The first kappa shape index (κ1) is 28.3. The van der Waals surface area contributed by atoms with E-state index < -0.39 is 18.2 Å². The van der Waals surface area contributed by atoms with E-state index in [0.29, 0.717) is 44.6 Å². The smallest absolute Gasteiger partial charge is 0.407 e. The molecule has 0 saturated carbocycles. The second-order valence-electron chi connectivity index (χ2n) is 10.2. The summed E-state index contributed by atoms with van der Waals surface area (Å²) < 4.78 is 10.9. The fourth-order valence-electron chi connectivity index (χ4n) is 4.79. The Bertz CT molecular complexity index is 1190. The first-order valence-electron chi connectivity index (χ1n) is 13.4. The minimum absolute atomic E-state index is 0.0963. The Hall–Kier alpha value is -3.72. The molecule has 39 heavy (non-hydrogen) atoms. The number of aliphatic hydroxyl groups is 1. The van der Waals surface area contributed by atoms with Gasteiger partial charge in [-0.05, 0) is 17.5 Å². The highest BCUT2D eigenvalue weighted by Crippen LogP contribution is 2.19. The molecular weight excluding hydrogens is 494 g/mol. The van der Waals surface area contributed by atoms with Crippen molar-refractivity contribution in [3.05, 3.63) is 108 Å². The predicted octanol–water partition coefficient (Wildman–Crippen LogP) is 3.23. The molecule has 1 aliphatic heterocycles. The van der Waals surface area contributed by atoms with Crippen LogP contribution in [0.5, 0.6) is 0 Å². The van der Waals surface area contributed by atoms with Crippen molar-refractivity contribution in [2.24, 2.45) is 5.10 Å². The summed E-state index contributed by atoms with van der Waals surface area (Å²) in [4.78, 5) is 12.9. The van der Waals surface area contributed by atoms with Crippen LogP contribution < -0.4 is 10.4 Å². The van der Waals surface area contributed by atoms with Crippen LogP contribution in [0, 0.1) is 0 Å². The van der Waals surface area contributed by atoms with Gasteiger partial charge in [-0.3, -0.25) is 0 Å². The van der Waals surface area contributed by atoms with Gasteiger partial charge in [-0.1, -0.05) is 96.1 Å². The summed E-state index contributed by atoms with van der Waals surface area (Å²) in [5.74, 6) is -0.368. The highest BCUT2D eigenvalue weighted by Gasteiger charge is 2.33. The van der Waals surface area contributed by atoms with E-state index in [4.69, 9.17) is 9.47 Å². The van der Waals surface area contributed by atoms with Gasteiger partial charge in [0.25, 0.3) is 0 Å². The molecule has 8 nitrogen and oxygen atoms in total. The number of ether oxygens (including phenoxy) is 2. The molecule has 3 aromatic carbocycles. The van der Waals surface area contributed by atoms with Crippen LogP contribution in [0.2, 0.25) is 0 Å². The number of hydrogen-bond acceptors (Lipinski definition) is 6. The third kappa shape index (κ3) is 8.92. The Morgan fingerprint density at radius 3 is 2.18 bits per heavy atom. The lowest BCUT2D eigenvalue weighted by molar-refractivity contribution is -0.933. The number of carbonyl (C=O) groups is 1. The third-order valence-electron chi connectivity index (χ3n) is 6.81. The zero-order valence-electron chi connectivity index (χ0n) is 22.3. The number of carbonyl (C=O) groups excluding carboxylic acids is 1. The molecule has 3 aromatic rings. The number of nitrogens with one attached hydrogen (secondary N) is 1. The van der Waals surface area contributed by atoms with Crippen LogP contribution >= 0.6 is 0 Å². The fraction of sp³-hybridized carbons (Fsp3) is 0.355. The van der Waals surface area contributed by atoms with Gasteiger partial charge in [0.2, 0.25) is 0 Å². The molecule has 0 radical (unpaired) electrons. The standard InChI is InChI=1S/C31H37N3O5/c1-34(22-25-13-7-3-8-14-25,33-30(36)26-15-9-4-10-16-26)23-29(35)28(21-24-11-5-2-6-12-24)32-31(37)39-27-17-19-38-20-18-27/h2-16,27-29,35H,17-23H2,1H3,(H-,32,33,36,37)/t28-,29-,34?/m0/s1. The third-order valence-corrected chi connectivity index (χ3v) is 6.81. The Morgan fingerprint density at radius 1 is 1.00 bits per heavy atom. The van der Waals surface area contributed by atoms with Gasteiger partial charge >= 0.3 is 6.09 Å². The van der Waals surface area contributed by atoms with Crippen LogP contribution in [0.3, 0.4) is 0 Å². The van der Waals surface area contributed by atoms with E-state index in [1.54, 1.807) is 24.3 Å². The maximum atomic E-state index is 13.1. The van der Waals surface area contributed by atoms with Crippen LogP contribution in [0.4, 0.5) is 4.79 Å². The fourth-order valence-corrected chi connectivity index (χ4v) is 4.79. The molecule has 0 aromatic heterocycles. The summed E-state index contributed by atoms with van der Waals surface area (Å²) in [5.41, 5.74) is 2.41. The molecule has 206 valence electrons. The second kappa shape index (κ2) is 13.9. The largest absolute Gasteiger partial charge is 0.855 e. The average Bonchev–Trinajstić information content (AvgIpc) is 2.94. The molecular formula is C31H37N3O5. The normalized spacial score (nSPS) is 17.5. The number of likely N-dealkylation sites (N-methyl/N-ethyl adjacent to an activating group) is 1. The lowest BCUT2D eigenvalue weighted by Gasteiger charge is -2.34. The maximum absolute atomic E-state index is 13.1. The molecule has 1 amide bonds. The minimum atomic E-state index is -1.02. The molecule has 1 unspecified atom stereocenters. The molecule has 2 N–H and O–H groups in total. The highest BCUT2D eigenvalue weighted by atomic mass is 16.6. The summed E-state index contributed by atoms with van der Waals surface area (Å²) in [6.45, 7) is 1.60. The van der Waals surface area contributed by atoms with Crippen LogP contribution in [0.1, 0.15) is 29.5 Å². The Kier molecular flexibility index (Phi) is 10.1. The molecule has 1 aliphatic rings. The van der Waals surface area contributed by atoms with Crippen molar-refractivity contribution in [1.82, 2.24) is 5.32 Å². The second-order valence-corrected chi connectivity index (χ2v) is 10.2. The van der Waals surface area contributed by atoms with Crippen molar-refractivity contribution in [2.45, 2.75) is 44.1 Å². The number of hydrogen-bond donors (Lipinski definition) is 2. The van der Waals surface area contributed by atoms with Gasteiger partial charge in [0, 0.05) is 18.4 Å². The summed E-state index contributed by atoms with van der Waals surface area (Å²) in [5, 5.41) is 32.1. The van der Waals surface area contributed by atoms with Gasteiger partial charge in [0.15, 0.2) is 0 Å². The molecule has 4 rings (SSSR count). The summed E-state index contributed by atoms with van der Waals surface area (Å²) in [6.07, 6.45) is -0.128. The van der Waals surface area contributed by atoms with Gasteiger partial charge in [0.1, 0.15) is 25.3 Å². The van der Waals surface area contributed by atoms with Gasteiger partial charge < -0.3 is 25.0 Å². The molecule has 1 heterocycles. The zero-order chi connectivity index (χ0) is 27.5.